The minimum Gasteiger partial charge on any atom is -0.411 e. The first-order chi connectivity index (χ1) is 12.7. The van der Waals surface area contributed by atoms with Gasteiger partial charge in [-0.15, -0.1) is 0 Å². The predicted octanol–water partition coefficient (Wildman–Crippen LogP) is 5.08. The van der Waals surface area contributed by atoms with E-state index in [1.165, 1.54) is 16.7 Å². The highest BCUT2D eigenvalue weighted by Gasteiger charge is 2.08. The van der Waals surface area contributed by atoms with Gasteiger partial charge in [0, 0.05) is 6.54 Å². The van der Waals surface area contributed by atoms with Gasteiger partial charge in [0.2, 0.25) is 0 Å². The lowest BCUT2D eigenvalue weighted by atomic mass is 9.97. The molecule has 1 N–H and O–H groups in total. The molecule has 0 amide bonds. The van der Waals surface area contributed by atoms with Gasteiger partial charge in [0.05, 0.1) is 5.71 Å². The van der Waals surface area contributed by atoms with Crippen molar-refractivity contribution in [1.29, 1.82) is 0 Å². The molecule has 3 nitrogen and oxygen atoms in total. The average molecular weight is 353 g/mol. The van der Waals surface area contributed by atoms with Crippen LogP contribution in [-0.2, 0) is 12.8 Å². The summed E-state index contributed by atoms with van der Waals surface area (Å²) < 4.78 is 0. The third-order valence-corrected chi connectivity index (χ3v) is 5.08. The van der Waals surface area contributed by atoms with Crippen molar-refractivity contribution in [2.75, 3.05) is 19.6 Å². The van der Waals surface area contributed by atoms with Crippen LogP contribution in [0.4, 0.5) is 0 Å². The molecule has 26 heavy (non-hydrogen) atoms. The van der Waals surface area contributed by atoms with E-state index in [1.54, 1.807) is 0 Å². The molecule has 0 radical (unpaired) electrons. The maximum Gasteiger partial charge on any atom is 0.0867 e. The van der Waals surface area contributed by atoms with Gasteiger partial charge in [-0.1, -0.05) is 73.1 Å². The quantitative estimate of drug-likeness (QED) is 0.368. The third kappa shape index (κ3) is 5.99. The molecular weight excluding hydrogens is 320 g/mol. The molecule has 0 fully saturated rings. The Bertz CT molecular complexity index is 688. The molecule has 0 atom stereocenters. The highest BCUT2D eigenvalue weighted by atomic mass is 16.4. The minimum atomic E-state index is 0.769. The molecule has 0 spiro atoms. The molecule has 0 bridgehead atoms. The average Bonchev–Trinajstić information content (AvgIpc) is 2.68. The van der Waals surface area contributed by atoms with E-state index >= 15 is 0 Å². The Hall–Kier alpha value is -2.13. The third-order valence-electron chi connectivity index (χ3n) is 5.08. The molecule has 3 heteroatoms. The summed E-state index contributed by atoms with van der Waals surface area (Å²) in [7, 11) is 0. The maximum absolute atomic E-state index is 9.38. The van der Waals surface area contributed by atoms with Crippen LogP contribution < -0.4 is 0 Å². The summed E-state index contributed by atoms with van der Waals surface area (Å²) in [5.74, 6) is 0. The topological polar surface area (TPSA) is 35.8 Å². The molecular formula is C23H32N2O. The molecule has 0 saturated carbocycles. The summed E-state index contributed by atoms with van der Waals surface area (Å²) in [6, 6.07) is 16.9. The van der Waals surface area contributed by atoms with Crippen LogP contribution in [0.3, 0.4) is 0 Å². The maximum atomic E-state index is 9.38. The first kappa shape index (κ1) is 20.2. The molecule has 0 aliphatic carbocycles. The van der Waals surface area contributed by atoms with Crippen LogP contribution in [0.5, 0.6) is 0 Å². The Morgan fingerprint density at radius 2 is 1.54 bits per heavy atom. The monoisotopic (exact) mass is 352 g/mol. The number of hydrogen-bond acceptors (Lipinski definition) is 3. The van der Waals surface area contributed by atoms with Crippen molar-refractivity contribution in [3.8, 4) is 0 Å². The minimum absolute atomic E-state index is 0.769. The van der Waals surface area contributed by atoms with Gasteiger partial charge in [-0.25, -0.2) is 0 Å². The second kappa shape index (κ2) is 10.8. The molecule has 0 heterocycles. The Morgan fingerprint density at radius 1 is 0.923 bits per heavy atom. The van der Waals surface area contributed by atoms with E-state index in [0.717, 1.165) is 56.6 Å². The first-order valence-corrected chi connectivity index (χ1v) is 9.75. The fourth-order valence-corrected chi connectivity index (χ4v) is 3.31. The van der Waals surface area contributed by atoms with Gasteiger partial charge in [0.1, 0.15) is 0 Å². The van der Waals surface area contributed by atoms with E-state index in [2.05, 4.69) is 67.2 Å². The normalized spacial score (nSPS) is 11.9. The number of hydrogen-bond donors (Lipinski definition) is 1. The Labute approximate surface area is 158 Å². The highest BCUT2D eigenvalue weighted by molar-refractivity contribution is 6.00. The number of rotatable bonds is 10. The SMILES string of the molecule is CCN(CC)CCc1ccccc1CCCC(=NO)c1ccc(C)cc1. The van der Waals surface area contributed by atoms with Crippen molar-refractivity contribution in [1.82, 2.24) is 4.90 Å². The second-order valence-corrected chi connectivity index (χ2v) is 6.81. The van der Waals surface area contributed by atoms with E-state index in [0.29, 0.717) is 0 Å². The smallest absolute Gasteiger partial charge is 0.0867 e. The lowest BCUT2D eigenvalue weighted by Crippen LogP contribution is -2.25. The van der Waals surface area contributed by atoms with E-state index in [9.17, 15) is 5.21 Å². The molecule has 140 valence electrons. The van der Waals surface area contributed by atoms with E-state index in [-0.39, 0.29) is 0 Å². The van der Waals surface area contributed by atoms with Crippen LogP contribution >= 0.6 is 0 Å². The summed E-state index contributed by atoms with van der Waals surface area (Å²) in [5.41, 5.74) is 5.85. The van der Waals surface area contributed by atoms with Crippen LogP contribution in [0, 0.1) is 6.92 Å². The van der Waals surface area contributed by atoms with E-state index < -0.39 is 0 Å². The standard InChI is InChI=1S/C23H32N2O/c1-4-25(5-2)18-17-21-10-7-6-9-20(21)11-8-12-23(24-26)22-15-13-19(3)14-16-22/h6-7,9-10,13-16,26H,4-5,8,11-12,17-18H2,1-3H3. The van der Waals surface area contributed by atoms with E-state index in [4.69, 9.17) is 0 Å². The molecule has 2 rings (SSSR count). The summed E-state index contributed by atoms with van der Waals surface area (Å²) in [4.78, 5) is 2.46. The largest absolute Gasteiger partial charge is 0.411 e. The fraction of sp³-hybridized carbons (Fsp3) is 0.435. The number of nitrogens with zero attached hydrogens (tertiary/aromatic N) is 2. The second-order valence-electron chi connectivity index (χ2n) is 6.81. The van der Waals surface area contributed by atoms with E-state index in [1.807, 2.05) is 12.1 Å². The molecule has 2 aromatic carbocycles. The Kier molecular flexibility index (Phi) is 8.36. The van der Waals surface area contributed by atoms with Crippen molar-refractivity contribution in [3.63, 3.8) is 0 Å². The highest BCUT2D eigenvalue weighted by Crippen LogP contribution is 2.16. The lowest BCUT2D eigenvalue weighted by molar-refractivity contribution is 0.307. The number of oxime groups is 1. The number of likely N-dealkylation sites (N-methyl/N-ethyl adjacent to an activating group) is 1. The van der Waals surface area contributed by atoms with Crippen molar-refractivity contribution in [2.45, 2.75) is 46.5 Å². The van der Waals surface area contributed by atoms with Crippen LogP contribution in [0.1, 0.15) is 48.9 Å². The van der Waals surface area contributed by atoms with Crippen molar-refractivity contribution < 1.29 is 5.21 Å². The molecule has 2 aromatic rings. The molecule has 0 unspecified atom stereocenters. The van der Waals surface area contributed by atoms with Gasteiger partial charge >= 0.3 is 0 Å². The molecule has 0 aliphatic heterocycles. The number of aryl methyl sites for hydroxylation is 2. The van der Waals surface area contributed by atoms with Crippen LogP contribution in [-0.4, -0.2) is 35.5 Å². The van der Waals surface area contributed by atoms with Crippen LogP contribution in [0.25, 0.3) is 0 Å². The van der Waals surface area contributed by atoms with Gasteiger partial charge in [-0.3, -0.25) is 0 Å². The Morgan fingerprint density at radius 3 is 2.12 bits per heavy atom. The predicted molar refractivity (Wildman–Crippen MR) is 110 cm³/mol. The van der Waals surface area contributed by atoms with Crippen molar-refractivity contribution in [2.24, 2.45) is 5.16 Å². The van der Waals surface area contributed by atoms with Gasteiger partial charge < -0.3 is 10.1 Å². The van der Waals surface area contributed by atoms with Crippen molar-refractivity contribution >= 4 is 5.71 Å². The summed E-state index contributed by atoms with van der Waals surface area (Å²) in [6.45, 7) is 9.81. The molecule has 0 saturated heterocycles. The first-order valence-electron chi connectivity index (χ1n) is 9.75. The Balaban J connectivity index is 1.93. The van der Waals surface area contributed by atoms with Gasteiger partial charge in [0.25, 0.3) is 0 Å². The fourth-order valence-electron chi connectivity index (χ4n) is 3.31. The summed E-state index contributed by atoms with van der Waals surface area (Å²) in [5, 5.41) is 12.9. The van der Waals surface area contributed by atoms with Crippen LogP contribution in [0.15, 0.2) is 53.7 Å². The van der Waals surface area contributed by atoms with Crippen molar-refractivity contribution in [3.05, 3.63) is 70.8 Å². The summed E-state index contributed by atoms with van der Waals surface area (Å²) in [6.07, 6.45) is 3.87. The van der Waals surface area contributed by atoms with Gasteiger partial charge in [0.15, 0.2) is 0 Å². The zero-order chi connectivity index (χ0) is 18.8. The van der Waals surface area contributed by atoms with Gasteiger partial charge in [-0.05, 0) is 62.4 Å². The summed E-state index contributed by atoms with van der Waals surface area (Å²) >= 11 is 0. The van der Waals surface area contributed by atoms with Crippen LogP contribution in [0.2, 0.25) is 0 Å². The number of benzene rings is 2. The molecule has 0 aliphatic rings. The zero-order valence-electron chi connectivity index (χ0n) is 16.4. The zero-order valence-corrected chi connectivity index (χ0v) is 16.4. The van der Waals surface area contributed by atoms with Gasteiger partial charge in [-0.2, -0.15) is 0 Å². The molecule has 0 aromatic heterocycles. The lowest BCUT2D eigenvalue weighted by Gasteiger charge is -2.19.